The summed E-state index contributed by atoms with van der Waals surface area (Å²) in [5.74, 6) is 1.03. The summed E-state index contributed by atoms with van der Waals surface area (Å²) in [7, 11) is 1.58. The molecule has 0 bridgehead atoms. The maximum absolute atomic E-state index is 5.73. The van der Waals surface area contributed by atoms with E-state index in [1.807, 2.05) is 11.0 Å². The summed E-state index contributed by atoms with van der Waals surface area (Å²) in [4.78, 5) is 2.00. The average Bonchev–Trinajstić information content (AvgIpc) is 2.97. The molecule has 2 aromatic rings. The molecule has 0 spiro atoms. The molecule has 2 N–H and O–H groups in total. The van der Waals surface area contributed by atoms with Crippen LogP contribution in [-0.2, 0) is 4.74 Å². The monoisotopic (exact) mass is 276 g/mol. The zero-order chi connectivity index (χ0) is 13.9. The van der Waals surface area contributed by atoms with Crippen LogP contribution in [-0.4, -0.2) is 43.6 Å². The van der Waals surface area contributed by atoms with E-state index in [1.54, 1.807) is 19.2 Å². The molecule has 0 unspecified atom stereocenters. The molecule has 1 aromatic heterocycles. The van der Waals surface area contributed by atoms with E-state index in [4.69, 9.17) is 19.6 Å². The van der Waals surface area contributed by atoms with Gasteiger partial charge in [-0.05, 0) is 12.1 Å². The van der Waals surface area contributed by atoms with Gasteiger partial charge in [0.2, 0.25) is 0 Å². The number of nitrogens with zero attached hydrogens (tertiary/aromatic N) is 3. The lowest BCUT2D eigenvalue weighted by Gasteiger charge is -2.24. The molecular weight excluding hydrogens is 260 g/mol. The van der Waals surface area contributed by atoms with E-state index in [0.717, 1.165) is 18.7 Å². The van der Waals surface area contributed by atoms with Crippen molar-refractivity contribution in [3.8, 4) is 17.2 Å². The van der Waals surface area contributed by atoms with E-state index in [0.29, 0.717) is 36.6 Å². The number of morpholine rings is 1. The third kappa shape index (κ3) is 2.39. The van der Waals surface area contributed by atoms with Gasteiger partial charge in [0.15, 0.2) is 0 Å². The van der Waals surface area contributed by atoms with Crippen molar-refractivity contribution in [3.63, 3.8) is 0 Å². The van der Waals surface area contributed by atoms with Crippen molar-refractivity contribution < 1.29 is 13.9 Å². The Morgan fingerprint density at radius 3 is 2.80 bits per heavy atom. The van der Waals surface area contributed by atoms with Crippen LogP contribution in [0.3, 0.4) is 0 Å². The van der Waals surface area contributed by atoms with Gasteiger partial charge in [0.05, 0.1) is 25.9 Å². The molecule has 3 rings (SSSR count). The first-order valence-electron chi connectivity index (χ1n) is 6.38. The third-order valence-corrected chi connectivity index (χ3v) is 3.15. The zero-order valence-corrected chi connectivity index (χ0v) is 11.2. The van der Waals surface area contributed by atoms with Crippen molar-refractivity contribution >= 4 is 11.7 Å². The molecule has 1 saturated heterocycles. The maximum atomic E-state index is 5.73. The van der Waals surface area contributed by atoms with Crippen LogP contribution < -0.4 is 15.4 Å². The Morgan fingerprint density at radius 1 is 1.25 bits per heavy atom. The molecule has 7 nitrogen and oxygen atoms in total. The molecule has 1 aromatic carbocycles. The van der Waals surface area contributed by atoms with Crippen LogP contribution in [0.2, 0.25) is 0 Å². The van der Waals surface area contributed by atoms with Crippen molar-refractivity contribution in [1.29, 1.82) is 0 Å². The Morgan fingerprint density at radius 2 is 2.05 bits per heavy atom. The highest BCUT2D eigenvalue weighted by Gasteiger charge is 2.19. The molecule has 0 radical (unpaired) electrons. The van der Waals surface area contributed by atoms with E-state index in [9.17, 15) is 0 Å². The number of hydrogen-bond acceptors (Lipinski definition) is 7. The van der Waals surface area contributed by atoms with E-state index in [2.05, 4.69) is 10.2 Å². The van der Waals surface area contributed by atoms with Gasteiger partial charge in [-0.15, -0.1) is 5.10 Å². The molecular formula is C13H16N4O3. The lowest BCUT2D eigenvalue weighted by atomic mass is 10.2. The minimum atomic E-state index is 0.420. The van der Waals surface area contributed by atoms with E-state index in [-0.39, 0.29) is 0 Å². The van der Waals surface area contributed by atoms with Crippen LogP contribution in [0.25, 0.3) is 11.5 Å². The van der Waals surface area contributed by atoms with Gasteiger partial charge in [0, 0.05) is 24.8 Å². The smallest absolute Gasteiger partial charge is 0.318 e. The molecule has 0 aliphatic carbocycles. The maximum Gasteiger partial charge on any atom is 0.318 e. The Bertz CT molecular complexity index is 593. The highest BCUT2D eigenvalue weighted by atomic mass is 16.5. The highest BCUT2D eigenvalue weighted by Crippen LogP contribution is 2.32. The molecule has 7 heteroatoms. The van der Waals surface area contributed by atoms with E-state index in [1.165, 1.54) is 0 Å². The van der Waals surface area contributed by atoms with Crippen molar-refractivity contribution in [3.05, 3.63) is 18.2 Å². The molecule has 1 aliphatic rings. The van der Waals surface area contributed by atoms with Gasteiger partial charge in [-0.2, -0.15) is 0 Å². The summed E-state index contributed by atoms with van der Waals surface area (Å²) in [6.07, 6.45) is 0. The molecule has 2 heterocycles. The fraction of sp³-hybridized carbons (Fsp3) is 0.385. The number of anilines is 2. The molecule has 0 saturated carbocycles. The van der Waals surface area contributed by atoms with Gasteiger partial charge in [0.1, 0.15) is 5.75 Å². The number of nitrogen functional groups attached to an aromatic ring is 1. The zero-order valence-electron chi connectivity index (χ0n) is 11.2. The summed E-state index contributed by atoms with van der Waals surface area (Å²) in [5.41, 5.74) is 7.09. The summed E-state index contributed by atoms with van der Waals surface area (Å²) in [5, 5.41) is 8.16. The van der Waals surface area contributed by atoms with Crippen LogP contribution in [0.1, 0.15) is 0 Å². The van der Waals surface area contributed by atoms with E-state index >= 15 is 0 Å². The minimum absolute atomic E-state index is 0.420. The number of benzene rings is 1. The van der Waals surface area contributed by atoms with Gasteiger partial charge < -0.3 is 24.5 Å². The van der Waals surface area contributed by atoms with Crippen LogP contribution >= 0.6 is 0 Å². The molecule has 106 valence electrons. The summed E-state index contributed by atoms with van der Waals surface area (Å²) in [6, 6.07) is 5.82. The summed E-state index contributed by atoms with van der Waals surface area (Å²) < 4.78 is 16.3. The molecule has 0 atom stereocenters. The second-order valence-corrected chi connectivity index (χ2v) is 4.45. The van der Waals surface area contributed by atoms with Crippen LogP contribution in [0.15, 0.2) is 22.6 Å². The topological polar surface area (TPSA) is 86.6 Å². The number of methoxy groups -OCH3 is 1. The lowest BCUT2D eigenvalue weighted by molar-refractivity contribution is 0.120. The van der Waals surface area contributed by atoms with Gasteiger partial charge in [-0.25, -0.2) is 0 Å². The number of nitrogens with two attached hydrogens (primary N) is 1. The Hall–Kier alpha value is -2.28. The van der Waals surface area contributed by atoms with Crippen LogP contribution in [0.5, 0.6) is 5.75 Å². The van der Waals surface area contributed by atoms with Crippen molar-refractivity contribution in [2.24, 2.45) is 0 Å². The molecule has 0 amide bonds. The number of aromatic nitrogens is 2. The fourth-order valence-corrected chi connectivity index (χ4v) is 2.09. The average molecular weight is 276 g/mol. The predicted octanol–water partition coefficient (Wildman–Crippen LogP) is 1.16. The normalized spacial score (nSPS) is 15.3. The Balaban J connectivity index is 1.89. The van der Waals surface area contributed by atoms with Gasteiger partial charge in [0.25, 0.3) is 5.89 Å². The second-order valence-electron chi connectivity index (χ2n) is 4.45. The van der Waals surface area contributed by atoms with Gasteiger partial charge >= 0.3 is 6.01 Å². The van der Waals surface area contributed by atoms with Crippen molar-refractivity contribution in [2.75, 3.05) is 44.0 Å². The summed E-state index contributed by atoms with van der Waals surface area (Å²) in [6.45, 7) is 2.84. The number of rotatable bonds is 3. The SMILES string of the molecule is COc1cc(N)ccc1-c1nnc(N2CCOCC2)o1. The van der Waals surface area contributed by atoms with Crippen molar-refractivity contribution in [2.45, 2.75) is 0 Å². The summed E-state index contributed by atoms with van der Waals surface area (Å²) >= 11 is 0. The standard InChI is InChI=1S/C13H16N4O3/c1-18-11-8-9(14)2-3-10(11)12-15-16-13(20-12)17-4-6-19-7-5-17/h2-3,8H,4-7,14H2,1H3. The number of ether oxygens (including phenoxy) is 2. The first-order valence-corrected chi connectivity index (χ1v) is 6.38. The minimum Gasteiger partial charge on any atom is -0.496 e. The van der Waals surface area contributed by atoms with Crippen LogP contribution in [0, 0.1) is 0 Å². The van der Waals surface area contributed by atoms with Crippen molar-refractivity contribution in [1.82, 2.24) is 10.2 Å². The Kier molecular flexibility index (Phi) is 3.42. The quantitative estimate of drug-likeness (QED) is 0.842. The predicted molar refractivity (Wildman–Crippen MR) is 73.7 cm³/mol. The molecule has 1 fully saturated rings. The third-order valence-electron chi connectivity index (χ3n) is 3.15. The molecule has 20 heavy (non-hydrogen) atoms. The van der Waals surface area contributed by atoms with E-state index < -0.39 is 0 Å². The second kappa shape index (κ2) is 5.38. The molecule has 1 aliphatic heterocycles. The first kappa shape index (κ1) is 12.7. The van der Waals surface area contributed by atoms with Gasteiger partial charge in [-0.3, -0.25) is 0 Å². The number of hydrogen-bond donors (Lipinski definition) is 1. The van der Waals surface area contributed by atoms with Crippen LogP contribution in [0.4, 0.5) is 11.7 Å². The fourth-order valence-electron chi connectivity index (χ4n) is 2.09. The Labute approximate surface area is 116 Å². The lowest BCUT2D eigenvalue weighted by Crippen LogP contribution is -2.36. The van der Waals surface area contributed by atoms with Gasteiger partial charge in [-0.1, -0.05) is 5.10 Å². The largest absolute Gasteiger partial charge is 0.496 e. The highest BCUT2D eigenvalue weighted by molar-refractivity contribution is 5.67. The first-order chi connectivity index (χ1) is 9.78.